The van der Waals surface area contributed by atoms with Crippen molar-refractivity contribution in [2.45, 2.75) is 6.61 Å². The van der Waals surface area contributed by atoms with Crippen LogP contribution < -0.4 is 14.2 Å². The fraction of sp³-hybridized carbons (Fsp3) is 0.200. The van der Waals surface area contributed by atoms with E-state index in [1.165, 1.54) is 14.2 Å². The summed E-state index contributed by atoms with van der Waals surface area (Å²) in [6.07, 6.45) is 0. The van der Waals surface area contributed by atoms with Crippen molar-refractivity contribution in [3.05, 3.63) is 58.5 Å². The molecule has 0 aliphatic heterocycles. The van der Waals surface area contributed by atoms with E-state index in [1.54, 1.807) is 12.1 Å². The van der Waals surface area contributed by atoms with Crippen molar-refractivity contribution >= 4 is 5.69 Å². The minimum Gasteiger partial charge on any atom is -0.496 e. The summed E-state index contributed by atoms with van der Waals surface area (Å²) in [4.78, 5) is 2.76. The summed E-state index contributed by atoms with van der Waals surface area (Å²) >= 11 is 0. The Morgan fingerprint density at radius 3 is 2.33 bits per heavy atom. The Balaban J connectivity index is 2.27. The first-order chi connectivity index (χ1) is 10.3. The molecule has 0 N–H and O–H groups in total. The summed E-state index contributed by atoms with van der Waals surface area (Å²) in [7, 11) is 3.02. The summed E-state index contributed by atoms with van der Waals surface area (Å²) in [5.74, 6) is 1.43. The van der Waals surface area contributed by atoms with Crippen molar-refractivity contribution in [1.82, 2.24) is 0 Å². The maximum atomic E-state index is 8.56. The lowest BCUT2D eigenvalue weighted by atomic mass is 10.2. The van der Waals surface area contributed by atoms with E-state index in [1.807, 2.05) is 30.3 Å². The van der Waals surface area contributed by atoms with E-state index in [2.05, 4.69) is 10.0 Å². The van der Waals surface area contributed by atoms with Gasteiger partial charge in [0.25, 0.3) is 0 Å². The molecule has 0 fully saturated rings. The molecular weight excluding hydrogens is 270 g/mol. The average Bonchev–Trinajstić information content (AvgIpc) is 2.54. The number of nitrogens with zero attached hydrogens (tertiary/aromatic N) is 3. The third-order valence-corrected chi connectivity index (χ3v) is 2.85. The molecule has 0 radical (unpaired) electrons. The number of hydrogen-bond donors (Lipinski definition) is 0. The lowest BCUT2D eigenvalue weighted by Gasteiger charge is -2.13. The van der Waals surface area contributed by atoms with Gasteiger partial charge in [0.2, 0.25) is 0 Å². The predicted octanol–water partition coefficient (Wildman–Crippen LogP) is 4.22. The van der Waals surface area contributed by atoms with E-state index >= 15 is 0 Å². The summed E-state index contributed by atoms with van der Waals surface area (Å²) in [6.45, 7) is 0.404. The van der Waals surface area contributed by atoms with Gasteiger partial charge in [-0.1, -0.05) is 35.4 Å². The van der Waals surface area contributed by atoms with Crippen molar-refractivity contribution in [3.8, 4) is 17.2 Å². The van der Waals surface area contributed by atoms with Gasteiger partial charge in [0, 0.05) is 11.0 Å². The Morgan fingerprint density at radius 1 is 1.00 bits per heavy atom. The van der Waals surface area contributed by atoms with Gasteiger partial charge in [-0.25, -0.2) is 0 Å². The second-order valence-electron chi connectivity index (χ2n) is 4.14. The number of hydrogen-bond acceptors (Lipinski definition) is 4. The first-order valence-corrected chi connectivity index (χ1v) is 6.26. The molecule has 2 aromatic carbocycles. The summed E-state index contributed by atoms with van der Waals surface area (Å²) in [6, 6.07) is 13.0. The van der Waals surface area contributed by atoms with Crippen LogP contribution in [0, 0.1) is 0 Å². The van der Waals surface area contributed by atoms with Gasteiger partial charge in [0.1, 0.15) is 12.4 Å². The minimum absolute atomic E-state index is 0.351. The van der Waals surface area contributed by atoms with Gasteiger partial charge in [-0.3, -0.25) is 0 Å². The zero-order chi connectivity index (χ0) is 15.1. The molecule has 6 heteroatoms. The Labute approximate surface area is 122 Å². The standard InChI is InChI=1S/C15H15N3O3/c1-19-13-9-15(14(20-2)8-12(13)17-18-16)21-10-11-6-4-3-5-7-11/h3-9H,10H2,1-2H3. The van der Waals surface area contributed by atoms with Crippen molar-refractivity contribution in [1.29, 1.82) is 0 Å². The van der Waals surface area contributed by atoms with Crippen molar-refractivity contribution in [3.63, 3.8) is 0 Å². The molecule has 2 rings (SSSR count). The summed E-state index contributed by atoms with van der Waals surface area (Å²) in [5.41, 5.74) is 9.95. The van der Waals surface area contributed by atoms with Crippen LogP contribution in [0.3, 0.4) is 0 Å². The smallest absolute Gasteiger partial charge is 0.165 e. The number of azide groups is 1. The highest BCUT2D eigenvalue weighted by Crippen LogP contribution is 2.39. The van der Waals surface area contributed by atoms with Gasteiger partial charge in [0.05, 0.1) is 19.9 Å². The molecule has 0 spiro atoms. The Kier molecular flexibility index (Phi) is 4.90. The molecule has 21 heavy (non-hydrogen) atoms. The van der Waals surface area contributed by atoms with Crippen LogP contribution in [0.15, 0.2) is 47.6 Å². The second-order valence-corrected chi connectivity index (χ2v) is 4.14. The Morgan fingerprint density at radius 2 is 1.71 bits per heavy atom. The van der Waals surface area contributed by atoms with E-state index in [0.717, 1.165) is 5.56 Å². The van der Waals surface area contributed by atoms with Gasteiger partial charge in [0.15, 0.2) is 11.5 Å². The normalized spacial score (nSPS) is 9.62. The predicted molar refractivity (Wildman–Crippen MR) is 79.1 cm³/mol. The first-order valence-electron chi connectivity index (χ1n) is 6.26. The number of benzene rings is 2. The molecule has 6 nitrogen and oxygen atoms in total. The highest BCUT2D eigenvalue weighted by atomic mass is 16.5. The number of methoxy groups -OCH3 is 2. The zero-order valence-corrected chi connectivity index (χ0v) is 11.8. The molecule has 0 aliphatic rings. The largest absolute Gasteiger partial charge is 0.496 e. The average molecular weight is 285 g/mol. The quantitative estimate of drug-likeness (QED) is 0.453. The van der Waals surface area contributed by atoms with E-state index in [-0.39, 0.29) is 0 Å². The molecule has 2 aromatic rings. The maximum Gasteiger partial charge on any atom is 0.165 e. The van der Waals surface area contributed by atoms with Crippen LogP contribution in [0.5, 0.6) is 17.2 Å². The van der Waals surface area contributed by atoms with E-state index in [0.29, 0.717) is 29.5 Å². The fourth-order valence-electron chi connectivity index (χ4n) is 1.83. The molecule has 0 saturated carbocycles. The highest BCUT2D eigenvalue weighted by molar-refractivity contribution is 5.61. The Bertz CT molecular complexity index is 653. The zero-order valence-electron chi connectivity index (χ0n) is 11.8. The molecule has 0 aliphatic carbocycles. The van der Waals surface area contributed by atoms with Crippen LogP contribution in [0.1, 0.15) is 5.56 Å². The number of rotatable bonds is 6. The lowest BCUT2D eigenvalue weighted by molar-refractivity contribution is 0.282. The first kappa shape index (κ1) is 14.6. The van der Waals surface area contributed by atoms with Gasteiger partial charge >= 0.3 is 0 Å². The molecular formula is C15H15N3O3. The third kappa shape index (κ3) is 3.58. The monoisotopic (exact) mass is 285 g/mol. The van der Waals surface area contributed by atoms with Gasteiger partial charge in [-0.05, 0) is 17.2 Å². The van der Waals surface area contributed by atoms with Crippen LogP contribution in [0.25, 0.3) is 10.4 Å². The van der Waals surface area contributed by atoms with E-state index < -0.39 is 0 Å². The molecule has 0 amide bonds. The van der Waals surface area contributed by atoms with Crippen LogP contribution in [0.4, 0.5) is 5.69 Å². The van der Waals surface area contributed by atoms with E-state index in [9.17, 15) is 0 Å². The molecule has 0 heterocycles. The van der Waals surface area contributed by atoms with Crippen LogP contribution >= 0.6 is 0 Å². The highest BCUT2D eigenvalue weighted by Gasteiger charge is 2.11. The third-order valence-electron chi connectivity index (χ3n) is 2.85. The van der Waals surface area contributed by atoms with Crippen LogP contribution in [-0.4, -0.2) is 14.2 Å². The molecule has 0 aromatic heterocycles. The molecule has 0 unspecified atom stereocenters. The van der Waals surface area contributed by atoms with Crippen molar-refractivity contribution < 1.29 is 14.2 Å². The van der Waals surface area contributed by atoms with Gasteiger partial charge in [-0.2, -0.15) is 0 Å². The fourth-order valence-corrected chi connectivity index (χ4v) is 1.83. The minimum atomic E-state index is 0.351. The number of ether oxygens (including phenoxy) is 3. The molecule has 108 valence electrons. The summed E-state index contributed by atoms with van der Waals surface area (Å²) in [5, 5.41) is 3.57. The maximum absolute atomic E-state index is 8.56. The lowest BCUT2D eigenvalue weighted by Crippen LogP contribution is -1.98. The topological polar surface area (TPSA) is 76.5 Å². The van der Waals surface area contributed by atoms with Gasteiger partial charge in [-0.15, -0.1) is 0 Å². The SMILES string of the molecule is COc1cc(OCc2ccccc2)c(OC)cc1N=[N+]=[N-]. The van der Waals surface area contributed by atoms with Gasteiger partial charge < -0.3 is 14.2 Å². The van der Waals surface area contributed by atoms with Crippen LogP contribution in [-0.2, 0) is 6.61 Å². The molecule has 0 saturated heterocycles. The Hall–Kier alpha value is -2.85. The van der Waals surface area contributed by atoms with E-state index in [4.69, 9.17) is 19.7 Å². The van der Waals surface area contributed by atoms with Crippen molar-refractivity contribution in [2.24, 2.45) is 5.11 Å². The molecule has 0 bridgehead atoms. The molecule has 0 atom stereocenters. The second kappa shape index (κ2) is 7.07. The van der Waals surface area contributed by atoms with Crippen LogP contribution in [0.2, 0.25) is 0 Å². The van der Waals surface area contributed by atoms with Crippen molar-refractivity contribution in [2.75, 3.05) is 14.2 Å². The summed E-state index contributed by atoms with van der Waals surface area (Å²) < 4.78 is 16.2.